The molecule has 1 aliphatic rings. The van der Waals surface area contributed by atoms with Gasteiger partial charge in [0, 0.05) is 29.8 Å². The molecule has 2 heterocycles. The molecule has 0 radical (unpaired) electrons. The van der Waals surface area contributed by atoms with E-state index in [4.69, 9.17) is 16.3 Å². The number of hydrogen-bond acceptors (Lipinski definition) is 4. The fourth-order valence-corrected chi connectivity index (χ4v) is 3.94. The molecule has 4 rings (SSSR count). The summed E-state index contributed by atoms with van der Waals surface area (Å²) in [7, 11) is 0. The molecule has 1 saturated heterocycles. The normalized spacial score (nSPS) is 17.0. The zero-order valence-electron chi connectivity index (χ0n) is 17.1. The van der Waals surface area contributed by atoms with Crippen LogP contribution in [-0.2, 0) is 15.7 Å². The van der Waals surface area contributed by atoms with Gasteiger partial charge < -0.3 is 4.74 Å². The molecule has 170 valence electrons. The van der Waals surface area contributed by atoms with E-state index in [9.17, 15) is 22.8 Å². The third kappa shape index (κ3) is 5.01. The van der Waals surface area contributed by atoms with Crippen molar-refractivity contribution in [1.82, 2.24) is 9.88 Å². The Morgan fingerprint density at radius 2 is 1.79 bits per heavy atom. The molecule has 0 N–H and O–H groups in total. The van der Waals surface area contributed by atoms with Crippen molar-refractivity contribution in [2.75, 3.05) is 6.61 Å². The number of nitrogens with zero attached hydrogens (tertiary/aromatic N) is 2. The van der Waals surface area contributed by atoms with Gasteiger partial charge in [0.15, 0.2) is 0 Å². The van der Waals surface area contributed by atoms with Gasteiger partial charge in [0.05, 0.1) is 5.56 Å². The van der Waals surface area contributed by atoms with E-state index < -0.39 is 35.7 Å². The molecule has 2 aromatic carbocycles. The summed E-state index contributed by atoms with van der Waals surface area (Å²) < 4.78 is 45.0. The van der Waals surface area contributed by atoms with E-state index in [1.165, 1.54) is 6.20 Å². The van der Waals surface area contributed by atoms with Gasteiger partial charge in [0.1, 0.15) is 12.6 Å². The van der Waals surface area contributed by atoms with Crippen LogP contribution in [-0.4, -0.2) is 28.5 Å². The Bertz CT molecular complexity index is 1150. The molecule has 2 amide bonds. The van der Waals surface area contributed by atoms with E-state index in [0.717, 1.165) is 22.7 Å². The van der Waals surface area contributed by atoms with Crippen LogP contribution in [0.3, 0.4) is 0 Å². The van der Waals surface area contributed by atoms with Crippen molar-refractivity contribution in [3.63, 3.8) is 0 Å². The molecule has 0 aliphatic carbocycles. The number of ether oxygens (including phenoxy) is 1. The second kappa shape index (κ2) is 9.23. The maximum absolute atomic E-state index is 13.3. The predicted molar refractivity (Wildman–Crippen MR) is 115 cm³/mol. The van der Waals surface area contributed by atoms with Crippen LogP contribution < -0.4 is 0 Å². The van der Waals surface area contributed by atoms with Gasteiger partial charge in [0.25, 0.3) is 0 Å². The lowest BCUT2D eigenvalue weighted by molar-refractivity contribution is -0.137. The van der Waals surface area contributed by atoms with Crippen molar-refractivity contribution < 1.29 is 27.5 Å². The Kier molecular flexibility index (Phi) is 6.37. The molecule has 9 heteroatoms. The van der Waals surface area contributed by atoms with E-state index in [2.05, 4.69) is 4.98 Å². The predicted octanol–water partition coefficient (Wildman–Crippen LogP) is 6.00. The van der Waals surface area contributed by atoms with Gasteiger partial charge in [-0.3, -0.25) is 9.78 Å². The molecule has 1 aromatic heterocycles. The molecule has 1 aliphatic heterocycles. The van der Waals surface area contributed by atoms with Gasteiger partial charge in [-0.2, -0.15) is 13.2 Å². The molecule has 1 fully saturated rings. The van der Waals surface area contributed by atoms with Crippen LogP contribution in [0.2, 0.25) is 5.02 Å². The standard InChI is InChI=1S/C24H18ClF3N2O3/c25-19-8-6-15(7-9-19)20(17-10-18(13-29-12-17)24(26,27)28)11-22(31)30-21(14-33-23(30)32)16-4-2-1-3-5-16/h1-10,12-13,20-21H,11,14H2/t20-,21+/m0/s1. The van der Waals surface area contributed by atoms with E-state index in [0.29, 0.717) is 10.6 Å². The maximum Gasteiger partial charge on any atom is 0.417 e. The molecular formula is C24H18ClF3N2O3. The molecule has 0 saturated carbocycles. The number of carbonyl (C=O) groups is 2. The first-order valence-corrected chi connectivity index (χ1v) is 10.4. The minimum absolute atomic E-state index is 0.00527. The molecule has 0 unspecified atom stereocenters. The number of halogens is 4. The van der Waals surface area contributed by atoms with Crippen molar-refractivity contribution in [3.05, 3.63) is 100 Å². The maximum atomic E-state index is 13.3. The monoisotopic (exact) mass is 474 g/mol. The summed E-state index contributed by atoms with van der Waals surface area (Å²) >= 11 is 5.97. The Hall–Kier alpha value is -3.39. The van der Waals surface area contributed by atoms with Crippen LogP contribution in [0.25, 0.3) is 0 Å². The van der Waals surface area contributed by atoms with Crippen LogP contribution in [0.5, 0.6) is 0 Å². The average molecular weight is 475 g/mol. The second-order valence-electron chi connectivity index (χ2n) is 7.58. The average Bonchev–Trinajstić information content (AvgIpc) is 3.20. The van der Waals surface area contributed by atoms with Gasteiger partial charge >= 0.3 is 12.3 Å². The van der Waals surface area contributed by atoms with E-state index in [1.54, 1.807) is 48.5 Å². The quantitative estimate of drug-likeness (QED) is 0.455. The number of benzene rings is 2. The molecule has 5 nitrogen and oxygen atoms in total. The number of imide groups is 1. The minimum atomic E-state index is -4.59. The zero-order chi connectivity index (χ0) is 23.6. The highest BCUT2D eigenvalue weighted by molar-refractivity contribution is 6.30. The number of carbonyl (C=O) groups excluding carboxylic acids is 2. The first kappa shape index (κ1) is 22.8. The van der Waals surface area contributed by atoms with Gasteiger partial charge in [0.2, 0.25) is 5.91 Å². The highest BCUT2D eigenvalue weighted by Crippen LogP contribution is 2.36. The first-order chi connectivity index (χ1) is 15.7. The van der Waals surface area contributed by atoms with Crippen molar-refractivity contribution in [2.45, 2.75) is 24.6 Å². The van der Waals surface area contributed by atoms with Gasteiger partial charge in [-0.15, -0.1) is 0 Å². The highest BCUT2D eigenvalue weighted by Gasteiger charge is 2.40. The summed E-state index contributed by atoms with van der Waals surface area (Å²) in [6, 6.07) is 15.7. The van der Waals surface area contributed by atoms with Crippen LogP contribution in [0.4, 0.5) is 18.0 Å². The lowest BCUT2D eigenvalue weighted by atomic mass is 9.88. The lowest BCUT2D eigenvalue weighted by Crippen LogP contribution is -2.35. The number of aromatic nitrogens is 1. The van der Waals surface area contributed by atoms with E-state index >= 15 is 0 Å². The summed E-state index contributed by atoms with van der Waals surface area (Å²) in [6.07, 6.45) is -3.62. The third-order valence-electron chi connectivity index (χ3n) is 5.47. The smallest absolute Gasteiger partial charge is 0.417 e. The highest BCUT2D eigenvalue weighted by atomic mass is 35.5. The lowest BCUT2D eigenvalue weighted by Gasteiger charge is -2.24. The number of amides is 2. The van der Waals surface area contributed by atoms with Crippen molar-refractivity contribution in [2.24, 2.45) is 0 Å². The Morgan fingerprint density at radius 3 is 2.45 bits per heavy atom. The van der Waals surface area contributed by atoms with Crippen molar-refractivity contribution >= 4 is 23.6 Å². The first-order valence-electron chi connectivity index (χ1n) is 10.1. The Balaban J connectivity index is 1.69. The summed E-state index contributed by atoms with van der Waals surface area (Å²) in [4.78, 5) is 30.5. The number of pyridine rings is 1. The summed E-state index contributed by atoms with van der Waals surface area (Å²) in [5.41, 5.74) is 0.566. The largest absolute Gasteiger partial charge is 0.446 e. The number of hydrogen-bond donors (Lipinski definition) is 0. The summed E-state index contributed by atoms with van der Waals surface area (Å²) in [5, 5.41) is 0.443. The van der Waals surface area contributed by atoms with Crippen LogP contribution >= 0.6 is 11.6 Å². The topological polar surface area (TPSA) is 59.5 Å². The third-order valence-corrected chi connectivity index (χ3v) is 5.72. The number of cyclic esters (lactones) is 1. The van der Waals surface area contributed by atoms with Crippen LogP contribution in [0.15, 0.2) is 73.1 Å². The Labute approximate surface area is 192 Å². The van der Waals surface area contributed by atoms with Gasteiger partial charge in [-0.1, -0.05) is 54.1 Å². The number of alkyl halides is 3. The number of rotatable bonds is 5. The fraction of sp³-hybridized carbons (Fsp3) is 0.208. The van der Waals surface area contributed by atoms with E-state index in [-0.39, 0.29) is 18.6 Å². The second-order valence-corrected chi connectivity index (χ2v) is 8.02. The molecule has 33 heavy (non-hydrogen) atoms. The van der Waals surface area contributed by atoms with Crippen molar-refractivity contribution in [3.8, 4) is 0 Å². The molecular weight excluding hydrogens is 457 g/mol. The van der Waals surface area contributed by atoms with Crippen LogP contribution in [0.1, 0.15) is 40.6 Å². The minimum Gasteiger partial charge on any atom is -0.446 e. The molecule has 0 spiro atoms. The van der Waals surface area contributed by atoms with Gasteiger partial charge in [-0.05, 0) is 34.9 Å². The van der Waals surface area contributed by atoms with E-state index in [1.807, 2.05) is 6.07 Å². The molecule has 3 aromatic rings. The zero-order valence-corrected chi connectivity index (χ0v) is 17.9. The van der Waals surface area contributed by atoms with Crippen LogP contribution in [0, 0.1) is 0 Å². The Morgan fingerprint density at radius 1 is 1.09 bits per heavy atom. The SMILES string of the molecule is O=C(C[C@@H](c1ccc(Cl)cc1)c1cncc(C(F)(F)F)c1)N1C(=O)OC[C@@H]1c1ccccc1. The molecule has 0 bridgehead atoms. The summed E-state index contributed by atoms with van der Waals surface area (Å²) in [6.45, 7) is 0.00527. The van der Waals surface area contributed by atoms with Gasteiger partial charge in [-0.25, -0.2) is 9.69 Å². The summed E-state index contributed by atoms with van der Waals surface area (Å²) in [5.74, 6) is -1.35. The fourth-order valence-electron chi connectivity index (χ4n) is 3.82. The molecule has 2 atom stereocenters. The van der Waals surface area contributed by atoms with Crippen molar-refractivity contribution in [1.29, 1.82) is 0 Å².